The first-order chi connectivity index (χ1) is 15.7. The number of rotatable bonds is 11. The third-order valence-corrected chi connectivity index (χ3v) is 5.80. The van der Waals surface area contributed by atoms with Crippen LogP contribution in [0.25, 0.3) is 0 Å². The number of guanidine groups is 1. The van der Waals surface area contributed by atoms with Gasteiger partial charge in [-0.1, -0.05) is 36.4 Å². The van der Waals surface area contributed by atoms with Crippen LogP contribution in [0.4, 0.5) is 0 Å². The molecule has 2 aromatic rings. The number of hydrogen-bond acceptors (Lipinski definition) is 5. The maximum Gasteiger partial charge on any atom is 0.188 e. The minimum absolute atomic E-state index is 0.481. The van der Waals surface area contributed by atoms with Gasteiger partial charge in [-0.25, -0.2) is 4.99 Å². The maximum atomic E-state index is 6.02. The monoisotopic (exact) mass is 439 g/mol. The molecule has 2 aromatic carbocycles. The summed E-state index contributed by atoms with van der Waals surface area (Å²) >= 11 is 0. The van der Waals surface area contributed by atoms with E-state index in [4.69, 9.17) is 15.2 Å². The molecule has 7 heteroatoms. The Kier molecular flexibility index (Phi) is 9.65. The first-order valence-electron chi connectivity index (χ1n) is 11.4. The SMILES string of the molecule is COc1ccc(CN=C(N)NCCCCN2CCN(Cc3ccccc3)CC2)cc1OC. The van der Waals surface area contributed by atoms with E-state index >= 15 is 0 Å². The molecule has 7 nitrogen and oxygen atoms in total. The summed E-state index contributed by atoms with van der Waals surface area (Å²) in [7, 11) is 3.26. The number of methoxy groups -OCH3 is 2. The summed E-state index contributed by atoms with van der Waals surface area (Å²) in [4.78, 5) is 9.54. The van der Waals surface area contributed by atoms with Gasteiger partial charge in [0.15, 0.2) is 17.5 Å². The minimum Gasteiger partial charge on any atom is -0.493 e. The fourth-order valence-corrected chi connectivity index (χ4v) is 3.90. The molecule has 1 heterocycles. The van der Waals surface area contributed by atoms with Gasteiger partial charge >= 0.3 is 0 Å². The normalized spacial score (nSPS) is 15.5. The van der Waals surface area contributed by atoms with Crippen LogP contribution >= 0.6 is 0 Å². The van der Waals surface area contributed by atoms with E-state index in [9.17, 15) is 0 Å². The summed E-state index contributed by atoms with van der Waals surface area (Å²) in [6.45, 7) is 8.13. The van der Waals surface area contributed by atoms with Gasteiger partial charge in [-0.15, -0.1) is 0 Å². The molecule has 0 spiro atoms. The molecule has 1 fully saturated rings. The second-order valence-corrected chi connectivity index (χ2v) is 8.13. The van der Waals surface area contributed by atoms with E-state index in [1.54, 1.807) is 14.2 Å². The molecule has 0 amide bonds. The zero-order valence-electron chi connectivity index (χ0n) is 19.4. The number of piperazine rings is 1. The van der Waals surface area contributed by atoms with Crippen LogP contribution in [-0.2, 0) is 13.1 Å². The zero-order chi connectivity index (χ0) is 22.6. The lowest BCUT2D eigenvalue weighted by Crippen LogP contribution is -2.46. The van der Waals surface area contributed by atoms with Crippen molar-refractivity contribution >= 4 is 5.96 Å². The smallest absolute Gasteiger partial charge is 0.188 e. The van der Waals surface area contributed by atoms with Gasteiger partial charge in [0.25, 0.3) is 0 Å². The topological polar surface area (TPSA) is 75.4 Å². The van der Waals surface area contributed by atoms with E-state index in [2.05, 4.69) is 50.4 Å². The van der Waals surface area contributed by atoms with Crippen LogP contribution in [-0.4, -0.2) is 69.2 Å². The van der Waals surface area contributed by atoms with E-state index in [0.717, 1.165) is 64.2 Å². The van der Waals surface area contributed by atoms with E-state index in [0.29, 0.717) is 24.0 Å². The number of hydrogen-bond donors (Lipinski definition) is 2. The van der Waals surface area contributed by atoms with Crippen molar-refractivity contribution < 1.29 is 9.47 Å². The van der Waals surface area contributed by atoms with Crippen molar-refractivity contribution in [2.45, 2.75) is 25.9 Å². The van der Waals surface area contributed by atoms with Crippen LogP contribution < -0.4 is 20.5 Å². The molecule has 3 rings (SSSR count). The van der Waals surface area contributed by atoms with Crippen molar-refractivity contribution in [3.8, 4) is 11.5 Å². The zero-order valence-corrected chi connectivity index (χ0v) is 19.4. The van der Waals surface area contributed by atoms with Gasteiger partial charge in [0.1, 0.15) is 0 Å². The Labute approximate surface area is 192 Å². The lowest BCUT2D eigenvalue weighted by Gasteiger charge is -2.34. The van der Waals surface area contributed by atoms with Crippen molar-refractivity contribution in [3.05, 3.63) is 59.7 Å². The highest BCUT2D eigenvalue weighted by Crippen LogP contribution is 2.27. The second-order valence-electron chi connectivity index (χ2n) is 8.13. The number of ether oxygens (including phenoxy) is 2. The third kappa shape index (κ3) is 7.73. The summed E-state index contributed by atoms with van der Waals surface area (Å²) in [6.07, 6.45) is 2.24. The van der Waals surface area contributed by atoms with Crippen molar-refractivity contribution in [2.24, 2.45) is 10.7 Å². The molecular weight excluding hydrogens is 402 g/mol. The molecule has 1 aliphatic heterocycles. The van der Waals surface area contributed by atoms with Crippen LogP contribution in [0, 0.1) is 0 Å². The summed E-state index contributed by atoms with van der Waals surface area (Å²) < 4.78 is 10.6. The van der Waals surface area contributed by atoms with Crippen LogP contribution in [0.15, 0.2) is 53.5 Å². The number of unbranched alkanes of at least 4 members (excludes halogenated alkanes) is 1. The Bertz CT molecular complexity index is 835. The van der Waals surface area contributed by atoms with Crippen molar-refractivity contribution in [1.82, 2.24) is 15.1 Å². The minimum atomic E-state index is 0.481. The number of nitrogens with one attached hydrogen (secondary N) is 1. The maximum absolute atomic E-state index is 6.02. The standard InChI is InChI=1S/C25H37N5O2/c1-31-23-11-10-22(18-24(23)32-2)19-28-25(26)27-12-6-7-13-29-14-16-30(17-15-29)20-21-8-4-3-5-9-21/h3-5,8-11,18H,6-7,12-17,19-20H2,1-2H3,(H3,26,27,28). The van der Waals surface area contributed by atoms with Gasteiger partial charge < -0.3 is 25.4 Å². The van der Waals surface area contributed by atoms with Gasteiger partial charge in [-0.2, -0.15) is 0 Å². The quantitative estimate of drug-likeness (QED) is 0.319. The lowest BCUT2D eigenvalue weighted by atomic mass is 10.2. The Morgan fingerprint density at radius 2 is 1.62 bits per heavy atom. The highest BCUT2D eigenvalue weighted by atomic mass is 16.5. The summed E-state index contributed by atoms with van der Waals surface area (Å²) in [5.74, 6) is 1.89. The molecule has 0 unspecified atom stereocenters. The Morgan fingerprint density at radius 3 is 2.34 bits per heavy atom. The first kappa shape index (κ1) is 23.9. The van der Waals surface area contributed by atoms with Crippen LogP contribution in [0.5, 0.6) is 11.5 Å². The number of nitrogens with two attached hydrogens (primary N) is 1. The molecule has 32 heavy (non-hydrogen) atoms. The van der Waals surface area contributed by atoms with Gasteiger partial charge in [0.2, 0.25) is 0 Å². The van der Waals surface area contributed by atoms with E-state index < -0.39 is 0 Å². The molecule has 0 aromatic heterocycles. The summed E-state index contributed by atoms with van der Waals surface area (Å²) in [5, 5.41) is 3.22. The van der Waals surface area contributed by atoms with E-state index in [1.165, 1.54) is 5.56 Å². The van der Waals surface area contributed by atoms with Crippen LogP contribution in [0.3, 0.4) is 0 Å². The van der Waals surface area contributed by atoms with Gasteiger partial charge in [0, 0.05) is 39.3 Å². The highest BCUT2D eigenvalue weighted by molar-refractivity contribution is 5.77. The molecular formula is C25H37N5O2. The largest absolute Gasteiger partial charge is 0.493 e. The number of nitrogens with zero attached hydrogens (tertiary/aromatic N) is 3. The fraction of sp³-hybridized carbons (Fsp3) is 0.480. The molecule has 3 N–H and O–H groups in total. The molecule has 0 atom stereocenters. The Balaban J connectivity index is 1.27. The molecule has 0 aliphatic carbocycles. The molecule has 0 radical (unpaired) electrons. The van der Waals surface area contributed by atoms with Gasteiger partial charge in [0.05, 0.1) is 20.8 Å². The molecule has 0 saturated carbocycles. The van der Waals surface area contributed by atoms with Crippen molar-refractivity contribution in [3.63, 3.8) is 0 Å². The molecule has 0 bridgehead atoms. The lowest BCUT2D eigenvalue weighted by molar-refractivity contribution is 0.126. The van der Waals surface area contributed by atoms with Crippen LogP contribution in [0.2, 0.25) is 0 Å². The predicted octanol–water partition coefficient (Wildman–Crippen LogP) is 2.71. The third-order valence-electron chi connectivity index (χ3n) is 5.80. The molecule has 1 aliphatic rings. The van der Waals surface area contributed by atoms with Crippen molar-refractivity contribution in [2.75, 3.05) is 53.5 Å². The Hall–Kier alpha value is -2.77. The first-order valence-corrected chi connectivity index (χ1v) is 11.4. The summed E-state index contributed by atoms with van der Waals surface area (Å²) in [5.41, 5.74) is 8.45. The fourth-order valence-electron chi connectivity index (χ4n) is 3.90. The number of benzene rings is 2. The second kappa shape index (κ2) is 12.9. The predicted molar refractivity (Wildman–Crippen MR) is 130 cm³/mol. The summed E-state index contributed by atoms with van der Waals surface area (Å²) in [6, 6.07) is 16.5. The van der Waals surface area contributed by atoms with Gasteiger partial charge in [-0.05, 0) is 42.6 Å². The highest BCUT2D eigenvalue weighted by Gasteiger charge is 2.16. The number of aliphatic imine (C=N–C) groups is 1. The average molecular weight is 440 g/mol. The van der Waals surface area contributed by atoms with Gasteiger partial charge in [-0.3, -0.25) is 4.90 Å². The Morgan fingerprint density at radius 1 is 0.906 bits per heavy atom. The van der Waals surface area contributed by atoms with Crippen molar-refractivity contribution in [1.29, 1.82) is 0 Å². The average Bonchev–Trinajstić information content (AvgIpc) is 2.84. The molecule has 174 valence electrons. The molecule has 1 saturated heterocycles. The van der Waals surface area contributed by atoms with E-state index in [-0.39, 0.29) is 0 Å². The van der Waals surface area contributed by atoms with Crippen LogP contribution in [0.1, 0.15) is 24.0 Å². The van der Waals surface area contributed by atoms with E-state index in [1.807, 2.05) is 18.2 Å².